The second kappa shape index (κ2) is 9.63. The highest BCUT2D eigenvalue weighted by Crippen LogP contribution is 2.58. The Bertz CT molecular complexity index is 1760. The molecule has 41 heavy (non-hydrogen) atoms. The molecule has 0 atom stereocenters. The summed E-state index contributed by atoms with van der Waals surface area (Å²) in [4.78, 5) is 0. The Labute approximate surface area is 219 Å². The van der Waals surface area contributed by atoms with Gasteiger partial charge < -0.3 is 9.31 Å². The predicted molar refractivity (Wildman–Crippen MR) is 114 cm³/mol. The van der Waals surface area contributed by atoms with Crippen LogP contribution in [-0.4, -0.2) is 7.12 Å². The molecule has 0 spiro atoms. The number of benzene rings is 4. The van der Waals surface area contributed by atoms with Gasteiger partial charge in [-0.15, -0.1) is 0 Å². The molecule has 1 aliphatic carbocycles. The zero-order chi connectivity index (χ0) is 30.1. The van der Waals surface area contributed by atoms with Crippen molar-refractivity contribution in [3.8, 4) is 22.6 Å². The summed E-state index contributed by atoms with van der Waals surface area (Å²) in [6.45, 7) is 0. The van der Waals surface area contributed by atoms with E-state index in [-0.39, 0.29) is 6.07 Å². The molecule has 0 unspecified atom stereocenters. The van der Waals surface area contributed by atoms with E-state index in [1.807, 2.05) is 0 Å². The molecule has 0 bridgehead atoms. The Balaban J connectivity index is 1.78. The van der Waals surface area contributed by atoms with Gasteiger partial charge in [0.25, 0.3) is 0 Å². The van der Waals surface area contributed by atoms with Gasteiger partial charge in [-0.1, -0.05) is 12.1 Å². The number of halogens is 13. The van der Waals surface area contributed by atoms with Crippen LogP contribution in [0.25, 0.3) is 11.1 Å². The van der Waals surface area contributed by atoms with Crippen LogP contribution in [0.15, 0.2) is 36.4 Å². The molecule has 0 N–H and O–H groups in total. The van der Waals surface area contributed by atoms with E-state index >= 15 is 13.2 Å². The number of hydrogen-bond donors (Lipinski definition) is 0. The van der Waals surface area contributed by atoms with Crippen LogP contribution in [-0.2, 0) is 5.92 Å². The van der Waals surface area contributed by atoms with Crippen molar-refractivity contribution in [1.82, 2.24) is 0 Å². The van der Waals surface area contributed by atoms with Crippen LogP contribution in [0.4, 0.5) is 57.1 Å². The molecule has 0 heterocycles. The van der Waals surface area contributed by atoms with Crippen molar-refractivity contribution in [2.45, 2.75) is 5.92 Å². The molecule has 1 aliphatic rings. The fourth-order valence-corrected chi connectivity index (χ4v) is 4.22. The Morgan fingerprint density at radius 2 is 1.12 bits per heavy atom. The van der Waals surface area contributed by atoms with Crippen molar-refractivity contribution in [3.05, 3.63) is 112 Å². The van der Waals surface area contributed by atoms with E-state index in [1.54, 1.807) is 0 Å². The third-order valence-electron chi connectivity index (χ3n) is 6.01. The number of alkyl halides is 2. The van der Waals surface area contributed by atoms with Crippen molar-refractivity contribution in [2.75, 3.05) is 0 Å². The largest absolute Gasteiger partial charge is 0.635 e. The molecular weight excluding hydrogens is 590 g/mol. The molecule has 0 radical (unpaired) electrons. The van der Waals surface area contributed by atoms with E-state index in [1.165, 1.54) is 0 Å². The SMILES string of the molecule is Fc1ccc(OB(Oc2c(F)c(F)c(F)c3c2C(F)(F)c2c(F)c(F)c(F)c(F)c2-3)c2cccc(F)c2F)c(F)c1. The average molecular weight is 596 g/mol. The summed E-state index contributed by atoms with van der Waals surface area (Å²) < 4.78 is 198. The Kier molecular flexibility index (Phi) is 6.62. The second-order valence-electron chi connectivity index (χ2n) is 8.39. The first-order chi connectivity index (χ1) is 19.2. The molecule has 0 saturated carbocycles. The summed E-state index contributed by atoms with van der Waals surface area (Å²) in [6, 6.07) is 3.28. The molecule has 0 aromatic heterocycles. The molecule has 0 amide bonds. The molecule has 0 aliphatic heterocycles. The predicted octanol–water partition coefficient (Wildman–Crippen LogP) is 7.19. The lowest BCUT2D eigenvalue weighted by Gasteiger charge is -2.22. The van der Waals surface area contributed by atoms with Crippen LogP contribution in [0.5, 0.6) is 11.5 Å². The van der Waals surface area contributed by atoms with Crippen LogP contribution in [0.3, 0.4) is 0 Å². The van der Waals surface area contributed by atoms with E-state index in [9.17, 15) is 43.9 Å². The molecule has 0 saturated heterocycles. The maximum absolute atomic E-state index is 15.5. The highest BCUT2D eigenvalue weighted by Gasteiger charge is 2.56. The zero-order valence-electron chi connectivity index (χ0n) is 19.3. The van der Waals surface area contributed by atoms with E-state index in [0.717, 1.165) is 6.07 Å². The summed E-state index contributed by atoms with van der Waals surface area (Å²) in [5.74, 6) is -33.3. The molecule has 5 rings (SSSR count). The normalized spacial score (nSPS) is 13.2. The van der Waals surface area contributed by atoms with Crippen LogP contribution < -0.4 is 14.8 Å². The summed E-state index contributed by atoms with van der Waals surface area (Å²) >= 11 is 0. The molecule has 212 valence electrons. The minimum atomic E-state index is -5.18. The lowest BCUT2D eigenvalue weighted by Crippen LogP contribution is -2.45. The van der Waals surface area contributed by atoms with Gasteiger partial charge in [0.1, 0.15) is 11.6 Å². The van der Waals surface area contributed by atoms with Gasteiger partial charge in [-0.3, -0.25) is 0 Å². The standard InChI is InChI=1S/C25H6BF13O2/c27-7-4-5-11(10(29)6-7)40-26(8-2-1-3-9(28)16(8)30)41-24-15-13(18(32)21(35)23(24)37)12-14(25(15,38)39)19(33)22(36)20(34)17(12)31/h1-6H. The Morgan fingerprint density at radius 3 is 1.76 bits per heavy atom. The highest BCUT2D eigenvalue weighted by molar-refractivity contribution is 6.62. The topological polar surface area (TPSA) is 18.5 Å². The van der Waals surface area contributed by atoms with Gasteiger partial charge in [-0.05, 0) is 18.2 Å². The van der Waals surface area contributed by atoms with Gasteiger partial charge >= 0.3 is 13.0 Å². The van der Waals surface area contributed by atoms with Gasteiger partial charge in [-0.25, -0.2) is 43.9 Å². The molecule has 4 aromatic carbocycles. The third kappa shape index (κ3) is 4.14. The molecule has 16 heteroatoms. The van der Waals surface area contributed by atoms with Crippen LogP contribution in [0, 0.1) is 64.0 Å². The monoisotopic (exact) mass is 596 g/mol. The van der Waals surface area contributed by atoms with Crippen LogP contribution in [0.1, 0.15) is 11.1 Å². The van der Waals surface area contributed by atoms with Gasteiger partial charge in [-0.2, -0.15) is 13.2 Å². The Morgan fingerprint density at radius 1 is 0.537 bits per heavy atom. The van der Waals surface area contributed by atoms with Crippen molar-refractivity contribution in [2.24, 2.45) is 0 Å². The summed E-state index contributed by atoms with van der Waals surface area (Å²) in [5.41, 5.74) is -9.75. The van der Waals surface area contributed by atoms with Gasteiger partial charge in [0.15, 0.2) is 58.1 Å². The van der Waals surface area contributed by atoms with Gasteiger partial charge in [0, 0.05) is 17.2 Å². The fraction of sp³-hybridized carbons (Fsp3) is 0.0400. The molecule has 0 fully saturated rings. The maximum Gasteiger partial charge on any atom is 0.635 e. The van der Waals surface area contributed by atoms with E-state index in [2.05, 4.69) is 0 Å². The minimum Gasteiger partial charge on any atom is -0.520 e. The summed E-state index contributed by atoms with van der Waals surface area (Å²) in [7, 11) is -2.77. The third-order valence-corrected chi connectivity index (χ3v) is 6.01. The van der Waals surface area contributed by atoms with Crippen molar-refractivity contribution in [1.29, 1.82) is 0 Å². The number of fused-ring (bicyclic) bond motifs is 3. The van der Waals surface area contributed by atoms with E-state index in [4.69, 9.17) is 9.31 Å². The zero-order valence-corrected chi connectivity index (χ0v) is 19.3. The smallest absolute Gasteiger partial charge is 0.520 e. The van der Waals surface area contributed by atoms with Gasteiger partial charge in [0.05, 0.1) is 16.6 Å². The number of rotatable bonds is 5. The van der Waals surface area contributed by atoms with Crippen molar-refractivity contribution in [3.63, 3.8) is 0 Å². The first-order valence-corrected chi connectivity index (χ1v) is 10.9. The van der Waals surface area contributed by atoms with Crippen molar-refractivity contribution >= 4 is 12.6 Å². The summed E-state index contributed by atoms with van der Waals surface area (Å²) in [6.07, 6.45) is 0. The van der Waals surface area contributed by atoms with Crippen LogP contribution >= 0.6 is 0 Å². The quantitative estimate of drug-likeness (QED) is 0.105. The summed E-state index contributed by atoms with van der Waals surface area (Å²) in [5, 5.41) is 0. The van der Waals surface area contributed by atoms with Gasteiger partial charge in [0.2, 0.25) is 5.82 Å². The molecule has 2 nitrogen and oxygen atoms in total. The highest BCUT2D eigenvalue weighted by atomic mass is 19.3. The first-order valence-electron chi connectivity index (χ1n) is 10.9. The lowest BCUT2D eigenvalue weighted by molar-refractivity contribution is 0.0404. The number of hydrogen-bond acceptors (Lipinski definition) is 2. The minimum absolute atomic E-state index is 0.212. The average Bonchev–Trinajstić information content (AvgIpc) is 3.17. The molecule has 4 aromatic rings. The van der Waals surface area contributed by atoms with Crippen molar-refractivity contribution < 1.29 is 66.4 Å². The lowest BCUT2D eigenvalue weighted by atomic mass is 9.77. The Hall–Kier alpha value is -4.37. The maximum atomic E-state index is 15.5. The van der Waals surface area contributed by atoms with E-state index in [0.29, 0.717) is 24.3 Å². The second-order valence-corrected chi connectivity index (χ2v) is 8.39. The molecular formula is C25H6BF13O2. The fourth-order valence-electron chi connectivity index (χ4n) is 4.22. The first kappa shape index (κ1) is 28.2. The van der Waals surface area contributed by atoms with Crippen LogP contribution in [0.2, 0.25) is 0 Å². The van der Waals surface area contributed by atoms with E-state index < -0.39 is 116 Å².